The van der Waals surface area contributed by atoms with Crippen molar-refractivity contribution in [1.29, 1.82) is 0 Å². The van der Waals surface area contributed by atoms with Crippen LogP contribution in [0.1, 0.15) is 131 Å². The maximum absolute atomic E-state index is 14.0. The number of methoxy groups -OCH3 is 1. The Balaban J connectivity index is 0.00000554. The van der Waals surface area contributed by atoms with E-state index < -0.39 is 11.7 Å². The van der Waals surface area contributed by atoms with E-state index >= 15 is 0 Å². The fourth-order valence-electron chi connectivity index (χ4n) is 5.99. The number of rotatable bonds is 21. The average Bonchev–Trinajstić information content (AvgIpc) is 3.24. The number of Topliss-reactive ketones (excluding diaryl/α,β-unsaturated/α-hetero) is 1. The molecule has 2 aromatic carbocycles. The second-order valence-corrected chi connectivity index (χ2v) is 14.7. The highest BCUT2D eigenvalue weighted by molar-refractivity contribution is 6.02. The molecule has 60 heavy (non-hydrogen) atoms. The molecule has 0 fully saturated rings. The molecule has 0 spiro atoms. The first-order valence-electron chi connectivity index (χ1n) is 21.6. The molecule has 7 N–H and O–H groups in total. The van der Waals surface area contributed by atoms with E-state index in [2.05, 4.69) is 16.0 Å². The van der Waals surface area contributed by atoms with Gasteiger partial charge in [0.25, 0.3) is 0 Å². The number of nitrogens with zero attached hydrogens (tertiary/aromatic N) is 2. The van der Waals surface area contributed by atoms with Gasteiger partial charge in [-0.25, -0.2) is 10.6 Å². The average molecular weight is 842 g/mol. The van der Waals surface area contributed by atoms with Crippen molar-refractivity contribution in [2.24, 2.45) is 11.6 Å². The number of amides is 3. The zero-order valence-electron chi connectivity index (χ0n) is 39.1. The number of ketones is 1. The van der Waals surface area contributed by atoms with Crippen molar-refractivity contribution < 1.29 is 33.4 Å². The molecule has 340 valence electrons. The number of unbranched alkanes of at least 4 members (excludes halogenated alkanes) is 1. The lowest BCUT2D eigenvalue weighted by atomic mass is 9.95. The van der Waals surface area contributed by atoms with Crippen molar-refractivity contribution in [2.45, 2.75) is 138 Å². The Kier molecular flexibility index (Phi) is 27.5. The fourth-order valence-corrected chi connectivity index (χ4v) is 5.99. The van der Waals surface area contributed by atoms with Crippen LogP contribution in [0.2, 0.25) is 0 Å². The summed E-state index contributed by atoms with van der Waals surface area (Å²) in [6, 6.07) is 14.7. The van der Waals surface area contributed by atoms with Gasteiger partial charge >= 0.3 is 6.09 Å². The van der Waals surface area contributed by atoms with Crippen LogP contribution in [0.5, 0.6) is 0 Å². The molecule has 0 radical (unpaired) electrons. The van der Waals surface area contributed by atoms with Gasteiger partial charge in [0.1, 0.15) is 12.4 Å². The summed E-state index contributed by atoms with van der Waals surface area (Å²) in [5.41, 5.74) is 9.55. The number of carbonyl (C=O) groups excluding carboxylic acids is 4. The molecule has 1 heterocycles. The molecule has 0 bridgehead atoms. The Labute approximate surface area is 361 Å². The Morgan fingerprint density at radius 2 is 1.47 bits per heavy atom. The zero-order chi connectivity index (χ0) is 45.9. The van der Waals surface area contributed by atoms with Gasteiger partial charge in [-0.05, 0) is 79.0 Å². The van der Waals surface area contributed by atoms with Crippen molar-refractivity contribution in [3.63, 3.8) is 0 Å². The fraction of sp³-hybridized carbons (Fsp3) is 0.609. The predicted molar refractivity (Wildman–Crippen MR) is 245 cm³/mol. The summed E-state index contributed by atoms with van der Waals surface area (Å²) in [7, 11) is 3.42. The summed E-state index contributed by atoms with van der Waals surface area (Å²) >= 11 is 0. The molecular weight excluding hydrogens is 763 g/mol. The third-order valence-electron chi connectivity index (χ3n) is 9.55. The first-order valence-corrected chi connectivity index (χ1v) is 21.6. The molecule has 1 aliphatic heterocycles. The molecule has 3 amide bonds. The third kappa shape index (κ3) is 19.3. The Bertz CT molecular complexity index is 1610. The summed E-state index contributed by atoms with van der Waals surface area (Å²) in [5.74, 6) is 6.24. The molecule has 14 heteroatoms. The molecular formula is C46H79N7O7. The van der Waals surface area contributed by atoms with Crippen LogP contribution in [-0.2, 0) is 35.1 Å². The van der Waals surface area contributed by atoms with Crippen LogP contribution in [0.15, 0.2) is 48.5 Å². The molecule has 3 rings (SSSR count). The number of hydrogen-bond acceptors (Lipinski definition) is 11. The van der Waals surface area contributed by atoms with E-state index in [-0.39, 0.29) is 68.3 Å². The van der Waals surface area contributed by atoms with E-state index in [4.69, 9.17) is 25.8 Å². The van der Waals surface area contributed by atoms with Crippen LogP contribution >= 0.6 is 0 Å². The molecule has 2 aromatic rings. The van der Waals surface area contributed by atoms with E-state index in [0.717, 1.165) is 12.0 Å². The summed E-state index contributed by atoms with van der Waals surface area (Å²) < 4.78 is 16.9. The third-order valence-corrected chi connectivity index (χ3v) is 9.55. The summed E-state index contributed by atoms with van der Waals surface area (Å²) in [5, 5.41) is 10.1. The SMILES string of the molecule is CC.CC.CC.CNC(CCCCNC(=O)OCCN(N)/C1=C(\N)c2ccccc2CN(C(=O)CCC(=O)NCC(C)(C)OCCC(C)(C)OC)c2ccccc21)C(C)=O. The van der Waals surface area contributed by atoms with Gasteiger partial charge in [-0.1, -0.05) is 84.0 Å². The number of carbonyl (C=O) groups is 4. The van der Waals surface area contributed by atoms with E-state index in [9.17, 15) is 19.2 Å². The minimum absolute atomic E-state index is 0.00589. The van der Waals surface area contributed by atoms with Gasteiger partial charge in [0, 0.05) is 44.2 Å². The Morgan fingerprint density at radius 1 is 0.850 bits per heavy atom. The van der Waals surface area contributed by atoms with Crippen LogP contribution in [0, 0.1) is 0 Å². The lowest BCUT2D eigenvalue weighted by molar-refractivity contribution is -0.126. The number of hydrazine groups is 1. The minimum Gasteiger partial charge on any atom is -0.448 e. The summed E-state index contributed by atoms with van der Waals surface area (Å²) in [4.78, 5) is 52.6. The monoisotopic (exact) mass is 842 g/mol. The van der Waals surface area contributed by atoms with Crippen LogP contribution in [0.3, 0.4) is 0 Å². The van der Waals surface area contributed by atoms with Crippen molar-refractivity contribution in [1.82, 2.24) is 21.0 Å². The lowest BCUT2D eigenvalue weighted by Gasteiger charge is -2.33. The number of benzene rings is 2. The van der Waals surface area contributed by atoms with Gasteiger partial charge in [0.15, 0.2) is 0 Å². The number of alkyl carbamates (subject to hydrolysis) is 1. The Hall–Kier alpha value is -4.50. The standard InChI is InChI=1S/C40H61N7O7.3C2H6/c1-28(48)32(43-6)17-12-13-22-44-38(51)53-25-23-47(42)37-31-16-10-11-18-33(31)46(26-29-14-8-9-15-30(29)36(37)41)35(50)20-19-34(49)45-27-40(4,5)54-24-21-39(2,3)52-7;3*1-2/h8-11,14-16,18,32,43H,12-13,17,19-27,41-42H2,1-7H3,(H,44,51)(H,45,49);3*1-2H3/b37-36-;;;. The minimum atomic E-state index is -0.602. The smallest absolute Gasteiger partial charge is 0.407 e. The van der Waals surface area contributed by atoms with Gasteiger partial charge in [0.05, 0.1) is 54.0 Å². The number of likely N-dealkylation sites (N-methyl/N-ethyl adjacent to an activating group) is 1. The quantitative estimate of drug-likeness (QED) is 0.0488. The number of anilines is 1. The van der Waals surface area contributed by atoms with Crippen molar-refractivity contribution in [2.75, 3.05) is 51.9 Å². The number of para-hydroxylation sites is 1. The number of nitrogens with two attached hydrogens (primary N) is 2. The van der Waals surface area contributed by atoms with Crippen LogP contribution in [-0.4, -0.2) is 92.9 Å². The number of fused-ring (bicyclic) bond motifs is 2. The Morgan fingerprint density at radius 3 is 2.08 bits per heavy atom. The molecule has 0 aliphatic carbocycles. The van der Waals surface area contributed by atoms with Crippen molar-refractivity contribution in [3.8, 4) is 0 Å². The van der Waals surface area contributed by atoms with Gasteiger partial charge in [0.2, 0.25) is 11.8 Å². The first-order chi connectivity index (χ1) is 28.6. The largest absolute Gasteiger partial charge is 0.448 e. The van der Waals surface area contributed by atoms with Crippen molar-refractivity contribution in [3.05, 3.63) is 65.2 Å². The van der Waals surface area contributed by atoms with Gasteiger partial charge in [-0.2, -0.15) is 0 Å². The van der Waals surface area contributed by atoms with Gasteiger partial charge in [-0.15, -0.1) is 0 Å². The normalized spacial score (nSPS) is 13.7. The zero-order valence-corrected chi connectivity index (χ0v) is 39.1. The molecule has 1 aliphatic rings. The number of nitrogens with one attached hydrogen (secondary N) is 3. The molecule has 0 saturated heterocycles. The number of hydrogen-bond donors (Lipinski definition) is 5. The maximum atomic E-state index is 14.0. The highest BCUT2D eigenvalue weighted by Gasteiger charge is 2.29. The second-order valence-electron chi connectivity index (χ2n) is 14.7. The summed E-state index contributed by atoms with van der Waals surface area (Å²) in [6.07, 6.45) is 2.25. The van der Waals surface area contributed by atoms with Gasteiger partial charge < -0.3 is 45.8 Å². The topological polar surface area (TPSA) is 191 Å². The lowest BCUT2D eigenvalue weighted by Crippen LogP contribution is -2.42. The van der Waals surface area contributed by atoms with Gasteiger partial charge in [-0.3, -0.25) is 14.4 Å². The first kappa shape index (κ1) is 55.5. The van der Waals surface area contributed by atoms with Crippen LogP contribution < -0.4 is 32.4 Å². The van der Waals surface area contributed by atoms with E-state index in [1.807, 2.05) is 118 Å². The van der Waals surface area contributed by atoms with E-state index in [1.165, 1.54) is 5.01 Å². The highest BCUT2D eigenvalue weighted by atomic mass is 16.5. The van der Waals surface area contributed by atoms with Crippen LogP contribution in [0.4, 0.5) is 10.5 Å². The summed E-state index contributed by atoms with van der Waals surface area (Å²) in [6.45, 7) is 22.9. The maximum Gasteiger partial charge on any atom is 0.407 e. The predicted octanol–water partition coefficient (Wildman–Crippen LogP) is 7.15. The second kappa shape index (κ2) is 29.7. The van der Waals surface area contributed by atoms with Crippen molar-refractivity contribution >= 4 is 40.8 Å². The highest BCUT2D eigenvalue weighted by Crippen LogP contribution is 2.37. The molecule has 0 saturated carbocycles. The van der Waals surface area contributed by atoms with E-state index in [0.29, 0.717) is 60.6 Å². The molecule has 14 nitrogen and oxygen atoms in total. The van der Waals surface area contributed by atoms with Crippen LogP contribution in [0.25, 0.3) is 11.4 Å². The number of ether oxygens (including phenoxy) is 3. The van der Waals surface area contributed by atoms with E-state index in [1.54, 1.807) is 26.0 Å². The molecule has 1 unspecified atom stereocenters. The molecule has 1 atom stereocenters. The molecule has 0 aromatic heterocycles.